The van der Waals surface area contributed by atoms with Crippen molar-refractivity contribution in [2.24, 2.45) is 0 Å². The molecule has 0 unspecified atom stereocenters. The molecule has 1 heterocycles. The van der Waals surface area contributed by atoms with Crippen LogP contribution in [0, 0.1) is 64.8 Å². The normalized spacial score (nSPS) is 11.2. The molecule has 0 spiro atoms. The van der Waals surface area contributed by atoms with Crippen LogP contribution in [0.1, 0.15) is 65.1 Å². The fourth-order valence-electron chi connectivity index (χ4n) is 9.68. The Morgan fingerprint density at radius 3 is 1.71 bits per heavy atom. The van der Waals surface area contributed by atoms with Crippen LogP contribution in [0.4, 0.5) is 17.6 Å². The van der Waals surface area contributed by atoms with Gasteiger partial charge in [0.05, 0.1) is 36.5 Å². The summed E-state index contributed by atoms with van der Waals surface area (Å²) in [7, 11) is 2.96. The van der Waals surface area contributed by atoms with E-state index in [2.05, 4.69) is 6.92 Å². The van der Waals surface area contributed by atoms with Crippen LogP contribution in [0.15, 0.2) is 150 Å². The van der Waals surface area contributed by atoms with Crippen LogP contribution in [-0.2, 0) is 6.42 Å². The van der Waals surface area contributed by atoms with E-state index in [0.717, 1.165) is 52.8 Å². The minimum atomic E-state index is -0.691. The minimum absolute atomic E-state index is 0.0333. The third-order valence-electron chi connectivity index (χ3n) is 13.2. The molecule has 0 aliphatic heterocycles. The van der Waals surface area contributed by atoms with E-state index in [4.69, 9.17) is 45.0 Å². The zero-order valence-electron chi connectivity index (χ0n) is 45.3. The monoisotopic (exact) mass is 1100 g/mol. The van der Waals surface area contributed by atoms with E-state index in [1.165, 1.54) is 68.6 Å². The Balaban J connectivity index is 1.25. The average molecular weight is 1100 g/mol. The Bertz CT molecular complexity index is 3680. The van der Waals surface area contributed by atoms with Crippen LogP contribution in [0.5, 0.6) is 57.5 Å². The van der Waals surface area contributed by atoms with Crippen LogP contribution < -0.4 is 28.4 Å². The molecular formula is C66H58ClF4NO6S. The van der Waals surface area contributed by atoms with Gasteiger partial charge in [-0.3, -0.25) is 0 Å². The van der Waals surface area contributed by atoms with Crippen molar-refractivity contribution in [3.05, 3.63) is 207 Å². The lowest BCUT2D eigenvalue weighted by Crippen LogP contribution is -2.03. The Morgan fingerprint density at radius 1 is 0.481 bits per heavy atom. The minimum Gasteiger partial charge on any atom is -0.493 e. The maximum absolute atomic E-state index is 17.7. The molecule has 0 fully saturated rings. The van der Waals surface area contributed by atoms with Crippen LogP contribution in [0.3, 0.4) is 0 Å². The van der Waals surface area contributed by atoms with Gasteiger partial charge in [0, 0.05) is 39.9 Å². The van der Waals surface area contributed by atoms with Crippen molar-refractivity contribution < 1.29 is 46.0 Å². The first-order valence-corrected chi connectivity index (χ1v) is 27.0. The molecule has 9 aromatic rings. The van der Waals surface area contributed by atoms with Gasteiger partial charge in [0.25, 0.3) is 0 Å². The van der Waals surface area contributed by atoms with Gasteiger partial charge < -0.3 is 28.4 Å². The fraction of sp³-hybridized carbons (Fsp3) is 0.197. The van der Waals surface area contributed by atoms with Gasteiger partial charge in [-0.05, 0) is 184 Å². The van der Waals surface area contributed by atoms with Gasteiger partial charge in [-0.15, -0.1) is 0 Å². The molecule has 0 saturated heterocycles. The molecule has 0 aliphatic rings. The van der Waals surface area contributed by atoms with Gasteiger partial charge in [0.15, 0.2) is 23.0 Å². The first-order valence-electron chi connectivity index (χ1n) is 25.8. The number of pyridine rings is 1. The van der Waals surface area contributed by atoms with Crippen molar-refractivity contribution in [1.29, 1.82) is 0 Å². The standard InChI is InChI=1S/C66H58ClF4NO6S/c1-10-11-12-16-43-17-22-50(54(33-43)75-47-27-37(2)25-45(68)34-47)60-51(70)29-39(4)31-55(60)77-53-23-24-72-66(79-49-20-18-44(67)19-21-49)62(53)61-52(71)30-40(5)32-56(61)78-58-36-57(73-8)65(76-48-28-38(3)26-46(69)35-48)63(64(58)74-9)59-41(6)14-13-15-42(59)7/h13-15,17-36H,10-12,16H2,1-9H3. The van der Waals surface area contributed by atoms with E-state index in [-0.39, 0.29) is 74.2 Å². The summed E-state index contributed by atoms with van der Waals surface area (Å²) in [5.74, 6) is -0.576. The number of hydrogen-bond donors (Lipinski definition) is 0. The lowest BCUT2D eigenvalue weighted by Gasteiger charge is -2.24. The zero-order valence-corrected chi connectivity index (χ0v) is 46.9. The van der Waals surface area contributed by atoms with Crippen LogP contribution in [0.25, 0.3) is 33.4 Å². The van der Waals surface area contributed by atoms with Crippen molar-refractivity contribution in [3.63, 3.8) is 0 Å². The maximum Gasteiger partial charge on any atom is 0.181 e. The summed E-state index contributed by atoms with van der Waals surface area (Å²) in [6.07, 6.45) is 5.24. The molecular weight excluding hydrogens is 1050 g/mol. The van der Waals surface area contributed by atoms with Gasteiger partial charge >= 0.3 is 0 Å². The number of halogens is 5. The van der Waals surface area contributed by atoms with Crippen molar-refractivity contribution >= 4 is 23.4 Å². The predicted molar refractivity (Wildman–Crippen MR) is 307 cm³/mol. The van der Waals surface area contributed by atoms with E-state index in [1.807, 2.05) is 56.3 Å². The molecule has 0 saturated carbocycles. The number of unbranched alkanes of at least 4 members (excludes halogenated alkanes) is 2. The topological polar surface area (TPSA) is 68.3 Å². The maximum atomic E-state index is 17.7. The molecule has 0 radical (unpaired) electrons. The quantitative estimate of drug-likeness (QED) is 0.0586. The largest absolute Gasteiger partial charge is 0.493 e. The molecule has 8 aromatic carbocycles. The Hall–Kier alpha value is -7.93. The van der Waals surface area contributed by atoms with Gasteiger partial charge in [-0.2, -0.15) is 0 Å². The fourth-order valence-corrected chi connectivity index (χ4v) is 10.7. The predicted octanol–water partition coefficient (Wildman–Crippen LogP) is 20.2. The molecule has 0 atom stereocenters. The average Bonchev–Trinajstić information content (AvgIpc) is 3.56. The Kier molecular flexibility index (Phi) is 17.2. The number of hydrogen-bond acceptors (Lipinski definition) is 8. The smallest absolute Gasteiger partial charge is 0.181 e. The number of rotatable bonds is 19. The second kappa shape index (κ2) is 24.4. The highest BCUT2D eigenvalue weighted by atomic mass is 35.5. The van der Waals surface area contributed by atoms with Gasteiger partial charge in [0.2, 0.25) is 0 Å². The molecule has 0 aliphatic carbocycles. The lowest BCUT2D eigenvalue weighted by atomic mass is 9.93. The number of nitrogens with zero attached hydrogens (tertiary/aromatic N) is 1. The number of aromatic nitrogens is 1. The highest BCUT2D eigenvalue weighted by molar-refractivity contribution is 7.99. The first-order chi connectivity index (χ1) is 38.0. The van der Waals surface area contributed by atoms with E-state index in [0.29, 0.717) is 43.4 Å². The third-order valence-corrected chi connectivity index (χ3v) is 14.4. The van der Waals surface area contributed by atoms with Crippen molar-refractivity contribution in [2.45, 2.75) is 84.1 Å². The molecule has 13 heteroatoms. The SMILES string of the molecule is CCCCCc1ccc(-c2c(F)cc(C)cc2Oc2ccnc(Sc3ccc(Cl)cc3)c2-c2c(F)cc(C)cc2Oc2cc(OC)c(Oc3cc(C)cc(F)c3)c(-c3c(C)cccc3C)c2OC)c(Oc2cc(C)cc(F)c2)c1. The molecule has 9 rings (SSSR count). The summed E-state index contributed by atoms with van der Waals surface area (Å²) >= 11 is 7.59. The van der Waals surface area contributed by atoms with Gasteiger partial charge in [0.1, 0.15) is 62.8 Å². The molecule has 0 amide bonds. The number of benzene rings is 8. The highest BCUT2D eigenvalue weighted by Gasteiger charge is 2.31. The summed E-state index contributed by atoms with van der Waals surface area (Å²) in [6, 6.07) is 36.6. The van der Waals surface area contributed by atoms with Crippen LogP contribution in [0.2, 0.25) is 5.02 Å². The van der Waals surface area contributed by atoms with E-state index in [9.17, 15) is 8.78 Å². The van der Waals surface area contributed by atoms with Crippen molar-refractivity contribution in [1.82, 2.24) is 4.98 Å². The second-order valence-corrected chi connectivity index (χ2v) is 21.0. The Labute approximate surface area is 468 Å². The van der Waals surface area contributed by atoms with Crippen LogP contribution >= 0.6 is 23.4 Å². The summed E-state index contributed by atoms with van der Waals surface area (Å²) < 4.78 is 104. The summed E-state index contributed by atoms with van der Waals surface area (Å²) in [6.45, 7) is 13.0. The highest BCUT2D eigenvalue weighted by Crippen LogP contribution is 2.56. The first kappa shape index (κ1) is 55.8. The summed E-state index contributed by atoms with van der Waals surface area (Å²) in [4.78, 5) is 5.55. The number of ether oxygens (including phenoxy) is 6. The summed E-state index contributed by atoms with van der Waals surface area (Å²) in [5, 5.41) is 0.819. The lowest BCUT2D eigenvalue weighted by molar-refractivity contribution is 0.355. The third kappa shape index (κ3) is 12.7. The molecule has 404 valence electrons. The number of methoxy groups -OCH3 is 2. The van der Waals surface area contributed by atoms with Crippen molar-refractivity contribution in [2.75, 3.05) is 14.2 Å². The van der Waals surface area contributed by atoms with Crippen molar-refractivity contribution in [3.8, 4) is 90.9 Å². The van der Waals surface area contributed by atoms with E-state index >= 15 is 8.78 Å². The second-order valence-electron chi connectivity index (χ2n) is 19.5. The summed E-state index contributed by atoms with van der Waals surface area (Å²) in [5.41, 5.74) is 6.69. The Morgan fingerprint density at radius 2 is 1.09 bits per heavy atom. The number of aryl methyl sites for hydroxylation is 7. The van der Waals surface area contributed by atoms with Crippen LogP contribution in [-0.4, -0.2) is 19.2 Å². The van der Waals surface area contributed by atoms with E-state index in [1.54, 1.807) is 82.3 Å². The molecule has 7 nitrogen and oxygen atoms in total. The molecule has 0 N–H and O–H groups in total. The molecule has 1 aromatic heterocycles. The van der Waals surface area contributed by atoms with Gasteiger partial charge in [-0.25, -0.2) is 22.5 Å². The zero-order chi connectivity index (χ0) is 56.1. The van der Waals surface area contributed by atoms with E-state index < -0.39 is 23.3 Å². The molecule has 0 bridgehead atoms. The van der Waals surface area contributed by atoms with Gasteiger partial charge in [-0.1, -0.05) is 73.5 Å². The molecule has 79 heavy (non-hydrogen) atoms.